The number of aromatic nitrogens is 1. The molecular formula is C15H12F3N3. The van der Waals surface area contributed by atoms with Gasteiger partial charge in [-0.1, -0.05) is 6.07 Å². The van der Waals surface area contributed by atoms with Crippen LogP contribution in [0.5, 0.6) is 0 Å². The summed E-state index contributed by atoms with van der Waals surface area (Å²) >= 11 is 0. The minimum absolute atomic E-state index is 0.384. The van der Waals surface area contributed by atoms with Crippen LogP contribution in [0.4, 0.5) is 18.9 Å². The second kappa shape index (κ2) is 6.27. The first-order valence-electron chi connectivity index (χ1n) is 6.26. The molecule has 0 aliphatic heterocycles. The van der Waals surface area contributed by atoms with E-state index in [-0.39, 0.29) is 5.56 Å². The van der Waals surface area contributed by atoms with Gasteiger partial charge in [0.15, 0.2) is 0 Å². The van der Waals surface area contributed by atoms with Crippen molar-refractivity contribution in [2.45, 2.75) is 12.6 Å². The highest BCUT2D eigenvalue weighted by Gasteiger charge is 2.33. The first-order chi connectivity index (χ1) is 10.0. The van der Waals surface area contributed by atoms with E-state index >= 15 is 0 Å². The van der Waals surface area contributed by atoms with Gasteiger partial charge in [0.1, 0.15) is 0 Å². The van der Waals surface area contributed by atoms with Crippen LogP contribution in [0.1, 0.15) is 16.8 Å². The van der Waals surface area contributed by atoms with Crippen LogP contribution in [0.2, 0.25) is 0 Å². The molecule has 0 atom stereocenters. The van der Waals surface area contributed by atoms with E-state index in [4.69, 9.17) is 5.26 Å². The lowest BCUT2D eigenvalue weighted by molar-refractivity contribution is -0.137. The van der Waals surface area contributed by atoms with Crippen molar-refractivity contribution in [1.82, 2.24) is 4.98 Å². The van der Waals surface area contributed by atoms with Crippen LogP contribution in [0, 0.1) is 11.3 Å². The van der Waals surface area contributed by atoms with Crippen LogP contribution >= 0.6 is 0 Å². The fourth-order valence-electron chi connectivity index (χ4n) is 1.87. The molecule has 0 saturated heterocycles. The summed E-state index contributed by atoms with van der Waals surface area (Å²) in [6.45, 7) is 0.521. The second-order valence-electron chi connectivity index (χ2n) is 4.37. The predicted octanol–water partition coefficient (Wildman–Crippen LogP) is 3.63. The first-order valence-corrected chi connectivity index (χ1v) is 6.26. The highest BCUT2D eigenvalue weighted by molar-refractivity contribution is 5.53. The minimum Gasteiger partial charge on any atom is -0.385 e. The van der Waals surface area contributed by atoms with Crippen molar-refractivity contribution in [2.24, 2.45) is 0 Å². The molecule has 108 valence electrons. The van der Waals surface area contributed by atoms with Gasteiger partial charge in [-0.2, -0.15) is 18.4 Å². The molecule has 21 heavy (non-hydrogen) atoms. The maximum absolute atomic E-state index is 12.7. The highest BCUT2D eigenvalue weighted by Crippen LogP contribution is 2.32. The summed E-state index contributed by atoms with van der Waals surface area (Å²) in [5, 5.41) is 11.8. The largest absolute Gasteiger partial charge is 0.417 e. The molecule has 0 fully saturated rings. The Labute approximate surface area is 120 Å². The number of nitrogens with zero attached hydrogens (tertiary/aromatic N) is 2. The number of benzene rings is 1. The van der Waals surface area contributed by atoms with E-state index in [2.05, 4.69) is 10.3 Å². The van der Waals surface area contributed by atoms with E-state index in [0.29, 0.717) is 18.7 Å². The van der Waals surface area contributed by atoms with Crippen LogP contribution in [-0.4, -0.2) is 11.5 Å². The van der Waals surface area contributed by atoms with Gasteiger partial charge in [-0.3, -0.25) is 4.98 Å². The van der Waals surface area contributed by atoms with Gasteiger partial charge >= 0.3 is 6.18 Å². The molecule has 0 amide bonds. The van der Waals surface area contributed by atoms with Crippen molar-refractivity contribution < 1.29 is 13.2 Å². The lowest BCUT2D eigenvalue weighted by Gasteiger charge is -2.11. The summed E-state index contributed by atoms with van der Waals surface area (Å²) in [6.07, 6.45) is -2.19. The second-order valence-corrected chi connectivity index (χ2v) is 4.37. The molecule has 1 heterocycles. The van der Waals surface area contributed by atoms with Crippen molar-refractivity contribution >= 4 is 5.69 Å². The molecule has 3 nitrogen and oxygen atoms in total. The van der Waals surface area contributed by atoms with Gasteiger partial charge in [0.05, 0.1) is 17.2 Å². The fourth-order valence-corrected chi connectivity index (χ4v) is 1.87. The Bertz CT molecular complexity index is 645. The van der Waals surface area contributed by atoms with Gasteiger partial charge < -0.3 is 5.32 Å². The predicted molar refractivity (Wildman–Crippen MR) is 72.6 cm³/mol. The average molecular weight is 291 g/mol. The van der Waals surface area contributed by atoms with E-state index in [1.54, 1.807) is 12.3 Å². The van der Waals surface area contributed by atoms with Crippen LogP contribution in [0.3, 0.4) is 0 Å². The molecule has 1 N–H and O–H groups in total. The maximum Gasteiger partial charge on any atom is 0.417 e. The summed E-state index contributed by atoms with van der Waals surface area (Å²) in [7, 11) is 0. The average Bonchev–Trinajstić information content (AvgIpc) is 2.47. The van der Waals surface area contributed by atoms with Gasteiger partial charge in [-0.25, -0.2) is 0 Å². The lowest BCUT2D eigenvalue weighted by atomic mass is 10.1. The number of pyridine rings is 1. The number of hydrogen-bond donors (Lipinski definition) is 1. The van der Waals surface area contributed by atoms with E-state index in [1.165, 1.54) is 12.1 Å². The molecule has 0 radical (unpaired) electrons. The Morgan fingerprint density at radius 3 is 2.62 bits per heavy atom. The number of rotatable bonds is 4. The summed E-state index contributed by atoms with van der Waals surface area (Å²) in [5.74, 6) is 0. The maximum atomic E-state index is 12.7. The molecule has 0 aliphatic rings. The van der Waals surface area contributed by atoms with Crippen LogP contribution < -0.4 is 5.32 Å². The molecule has 2 rings (SSSR count). The molecule has 6 heteroatoms. The number of halogens is 3. The van der Waals surface area contributed by atoms with Gasteiger partial charge in [-0.15, -0.1) is 0 Å². The molecule has 0 aliphatic carbocycles. The molecule has 0 saturated carbocycles. The quantitative estimate of drug-likeness (QED) is 0.935. The SMILES string of the molecule is N#Cc1cc(NCCc2ccccn2)ccc1C(F)(F)F. The number of nitrogens with one attached hydrogen (secondary N) is 1. The summed E-state index contributed by atoms with van der Waals surface area (Å²) < 4.78 is 38.0. The van der Waals surface area contributed by atoms with E-state index < -0.39 is 11.7 Å². The Morgan fingerprint density at radius 2 is 2.00 bits per heavy atom. The third kappa shape index (κ3) is 3.96. The Balaban J connectivity index is 2.03. The van der Waals surface area contributed by atoms with Crippen molar-refractivity contribution in [2.75, 3.05) is 11.9 Å². The highest BCUT2D eigenvalue weighted by atomic mass is 19.4. The Kier molecular flexibility index (Phi) is 4.43. The van der Waals surface area contributed by atoms with E-state index in [1.807, 2.05) is 18.2 Å². The monoisotopic (exact) mass is 291 g/mol. The van der Waals surface area contributed by atoms with Crippen LogP contribution in [0.15, 0.2) is 42.6 Å². The first kappa shape index (κ1) is 14.9. The van der Waals surface area contributed by atoms with Gasteiger partial charge in [0.25, 0.3) is 0 Å². The topological polar surface area (TPSA) is 48.7 Å². The molecule has 0 spiro atoms. The normalized spacial score (nSPS) is 11.0. The zero-order valence-electron chi connectivity index (χ0n) is 11.0. The molecule has 2 aromatic rings. The van der Waals surface area contributed by atoms with Crippen molar-refractivity contribution in [3.05, 3.63) is 59.4 Å². The van der Waals surface area contributed by atoms with Crippen LogP contribution in [-0.2, 0) is 12.6 Å². The third-order valence-corrected chi connectivity index (χ3v) is 2.88. The van der Waals surface area contributed by atoms with Crippen LogP contribution in [0.25, 0.3) is 0 Å². The number of alkyl halides is 3. The fraction of sp³-hybridized carbons (Fsp3) is 0.200. The molecule has 0 unspecified atom stereocenters. The number of anilines is 1. The molecule has 0 bridgehead atoms. The summed E-state index contributed by atoms with van der Waals surface area (Å²) in [6, 6.07) is 10.6. The zero-order valence-corrected chi connectivity index (χ0v) is 11.0. The third-order valence-electron chi connectivity index (χ3n) is 2.88. The number of hydrogen-bond acceptors (Lipinski definition) is 3. The molecule has 1 aromatic heterocycles. The zero-order chi connectivity index (χ0) is 15.3. The van der Waals surface area contributed by atoms with E-state index in [9.17, 15) is 13.2 Å². The lowest BCUT2D eigenvalue weighted by Crippen LogP contribution is -2.10. The molecular weight excluding hydrogens is 279 g/mol. The van der Waals surface area contributed by atoms with Gasteiger partial charge in [0.2, 0.25) is 0 Å². The Hall–Kier alpha value is -2.55. The number of nitriles is 1. The minimum atomic E-state index is -4.52. The van der Waals surface area contributed by atoms with Gasteiger partial charge in [0, 0.05) is 30.5 Å². The summed E-state index contributed by atoms with van der Waals surface area (Å²) in [4.78, 5) is 4.15. The van der Waals surface area contributed by atoms with Crippen molar-refractivity contribution in [1.29, 1.82) is 5.26 Å². The van der Waals surface area contributed by atoms with Crippen molar-refractivity contribution in [3.8, 4) is 6.07 Å². The van der Waals surface area contributed by atoms with E-state index in [0.717, 1.165) is 11.8 Å². The summed E-state index contributed by atoms with van der Waals surface area (Å²) in [5.41, 5.74) is 0.0681. The van der Waals surface area contributed by atoms with Gasteiger partial charge in [-0.05, 0) is 30.3 Å². The molecule has 1 aromatic carbocycles. The van der Waals surface area contributed by atoms with Crippen molar-refractivity contribution in [3.63, 3.8) is 0 Å². The standard InChI is InChI=1S/C15H12F3N3/c16-15(17,18)14-5-4-13(9-11(14)10-19)21-8-6-12-3-1-2-7-20-12/h1-5,7,9,21H,6,8H2. The smallest absolute Gasteiger partial charge is 0.385 e. The Morgan fingerprint density at radius 1 is 1.19 bits per heavy atom.